The number of aromatic hydroxyl groups is 1. The summed E-state index contributed by atoms with van der Waals surface area (Å²) in [6, 6.07) is 6.31. The van der Waals surface area contributed by atoms with Gasteiger partial charge in [0.1, 0.15) is 5.75 Å². The molecule has 1 aromatic carbocycles. The first-order valence-electron chi connectivity index (χ1n) is 7.12. The predicted molar refractivity (Wildman–Crippen MR) is 70.2 cm³/mol. The molecule has 0 unspecified atom stereocenters. The minimum atomic E-state index is 0.591. The zero-order valence-electron chi connectivity index (χ0n) is 10.5. The summed E-state index contributed by atoms with van der Waals surface area (Å²) in [6.45, 7) is 0. The second-order valence-corrected chi connectivity index (χ2v) is 5.89. The van der Waals surface area contributed by atoms with Gasteiger partial charge in [-0.15, -0.1) is 0 Å². The van der Waals surface area contributed by atoms with Gasteiger partial charge in [-0.1, -0.05) is 43.9 Å². The van der Waals surface area contributed by atoms with Gasteiger partial charge in [0.15, 0.2) is 0 Å². The lowest BCUT2D eigenvalue weighted by Gasteiger charge is -2.09. The van der Waals surface area contributed by atoms with Crippen molar-refractivity contribution in [2.45, 2.75) is 51.4 Å². The molecule has 2 fully saturated rings. The van der Waals surface area contributed by atoms with Crippen molar-refractivity contribution in [2.75, 3.05) is 0 Å². The standard InChI is InChI=1S/C16H22O/c17-16-14(10-8-12-4-5-12)2-1-3-15(16)11-9-13-6-7-13/h1-3,12-13,17H,4-11H2. The van der Waals surface area contributed by atoms with Crippen molar-refractivity contribution >= 4 is 0 Å². The van der Waals surface area contributed by atoms with Crippen molar-refractivity contribution in [3.8, 4) is 5.75 Å². The molecule has 0 saturated heterocycles. The SMILES string of the molecule is Oc1c(CCC2CC2)cccc1CCC1CC1. The van der Waals surface area contributed by atoms with Gasteiger partial charge in [-0.25, -0.2) is 0 Å². The molecule has 1 nitrogen and oxygen atoms in total. The number of rotatable bonds is 6. The van der Waals surface area contributed by atoms with E-state index in [1.807, 2.05) is 0 Å². The topological polar surface area (TPSA) is 20.2 Å². The molecule has 0 aromatic heterocycles. The van der Waals surface area contributed by atoms with Gasteiger partial charge in [-0.3, -0.25) is 0 Å². The summed E-state index contributed by atoms with van der Waals surface area (Å²) in [6.07, 6.45) is 10.3. The van der Waals surface area contributed by atoms with E-state index in [2.05, 4.69) is 18.2 Å². The van der Waals surface area contributed by atoms with Crippen LogP contribution in [0.15, 0.2) is 18.2 Å². The quantitative estimate of drug-likeness (QED) is 0.780. The van der Waals surface area contributed by atoms with Crippen molar-refractivity contribution in [2.24, 2.45) is 11.8 Å². The summed E-state index contributed by atoms with van der Waals surface area (Å²) < 4.78 is 0. The largest absolute Gasteiger partial charge is 0.507 e. The Morgan fingerprint density at radius 2 is 1.35 bits per heavy atom. The maximum absolute atomic E-state index is 10.3. The highest BCUT2D eigenvalue weighted by Crippen LogP contribution is 2.37. The molecule has 17 heavy (non-hydrogen) atoms. The Kier molecular flexibility index (Phi) is 3.09. The summed E-state index contributed by atoms with van der Waals surface area (Å²) in [5.41, 5.74) is 2.34. The van der Waals surface area contributed by atoms with E-state index < -0.39 is 0 Å². The summed E-state index contributed by atoms with van der Waals surface area (Å²) in [5, 5.41) is 10.3. The lowest BCUT2D eigenvalue weighted by Crippen LogP contribution is -1.93. The smallest absolute Gasteiger partial charge is 0.121 e. The van der Waals surface area contributed by atoms with Gasteiger partial charge >= 0.3 is 0 Å². The molecule has 0 aliphatic heterocycles. The average Bonchev–Trinajstić information content (AvgIpc) is 3.20. The van der Waals surface area contributed by atoms with Crippen LogP contribution < -0.4 is 0 Å². The van der Waals surface area contributed by atoms with Crippen LogP contribution in [-0.2, 0) is 12.8 Å². The van der Waals surface area contributed by atoms with Crippen LogP contribution in [0.1, 0.15) is 49.7 Å². The van der Waals surface area contributed by atoms with Crippen molar-refractivity contribution < 1.29 is 5.11 Å². The van der Waals surface area contributed by atoms with Gasteiger partial charge < -0.3 is 5.11 Å². The molecule has 0 amide bonds. The fraction of sp³-hybridized carbons (Fsp3) is 0.625. The highest BCUT2D eigenvalue weighted by molar-refractivity contribution is 5.40. The third-order valence-electron chi connectivity index (χ3n) is 4.24. The first-order chi connectivity index (χ1) is 8.33. The van der Waals surface area contributed by atoms with E-state index >= 15 is 0 Å². The molecular weight excluding hydrogens is 208 g/mol. The Hall–Kier alpha value is -0.980. The molecule has 92 valence electrons. The number of hydrogen-bond donors (Lipinski definition) is 1. The molecule has 0 heterocycles. The molecule has 0 atom stereocenters. The van der Waals surface area contributed by atoms with Crippen molar-refractivity contribution in [1.29, 1.82) is 0 Å². The van der Waals surface area contributed by atoms with Gasteiger partial charge in [0.05, 0.1) is 0 Å². The molecule has 1 N–H and O–H groups in total. The molecule has 2 aliphatic carbocycles. The third-order valence-corrected chi connectivity index (χ3v) is 4.24. The number of hydrogen-bond acceptors (Lipinski definition) is 1. The first kappa shape index (κ1) is 11.1. The lowest BCUT2D eigenvalue weighted by atomic mass is 9.99. The minimum absolute atomic E-state index is 0.591. The monoisotopic (exact) mass is 230 g/mol. The fourth-order valence-electron chi connectivity index (χ4n) is 2.58. The number of phenols is 1. The second kappa shape index (κ2) is 4.72. The zero-order valence-corrected chi connectivity index (χ0v) is 10.5. The van der Waals surface area contributed by atoms with Crippen LogP contribution in [0.5, 0.6) is 5.75 Å². The van der Waals surface area contributed by atoms with E-state index in [4.69, 9.17) is 0 Å². The van der Waals surface area contributed by atoms with Crippen molar-refractivity contribution in [3.63, 3.8) is 0 Å². The molecule has 1 aromatic rings. The van der Waals surface area contributed by atoms with Gasteiger partial charge in [0.2, 0.25) is 0 Å². The molecule has 0 spiro atoms. The van der Waals surface area contributed by atoms with Crippen LogP contribution in [0.3, 0.4) is 0 Å². The van der Waals surface area contributed by atoms with Crippen LogP contribution in [0.4, 0.5) is 0 Å². The van der Waals surface area contributed by atoms with Gasteiger partial charge in [0, 0.05) is 0 Å². The van der Waals surface area contributed by atoms with Crippen LogP contribution in [0, 0.1) is 11.8 Å². The fourth-order valence-corrected chi connectivity index (χ4v) is 2.58. The maximum Gasteiger partial charge on any atom is 0.121 e. The summed E-state index contributed by atoms with van der Waals surface area (Å²) >= 11 is 0. The molecule has 0 bridgehead atoms. The summed E-state index contributed by atoms with van der Waals surface area (Å²) in [5.74, 6) is 2.49. The lowest BCUT2D eigenvalue weighted by molar-refractivity contribution is 0.457. The molecule has 0 radical (unpaired) electrons. The average molecular weight is 230 g/mol. The maximum atomic E-state index is 10.3. The van der Waals surface area contributed by atoms with E-state index in [9.17, 15) is 5.11 Å². The molecule has 3 rings (SSSR count). The van der Waals surface area contributed by atoms with E-state index in [0.717, 1.165) is 24.7 Å². The third kappa shape index (κ3) is 3.02. The van der Waals surface area contributed by atoms with Gasteiger partial charge in [0.25, 0.3) is 0 Å². The molecule has 2 aliphatic rings. The first-order valence-corrected chi connectivity index (χ1v) is 7.12. The highest BCUT2D eigenvalue weighted by Gasteiger charge is 2.23. The number of para-hydroxylation sites is 1. The number of aryl methyl sites for hydroxylation is 2. The van der Waals surface area contributed by atoms with E-state index in [1.54, 1.807) is 0 Å². The van der Waals surface area contributed by atoms with E-state index in [1.165, 1.54) is 49.7 Å². The van der Waals surface area contributed by atoms with Crippen molar-refractivity contribution in [1.82, 2.24) is 0 Å². The van der Waals surface area contributed by atoms with E-state index in [-0.39, 0.29) is 0 Å². The van der Waals surface area contributed by atoms with Crippen LogP contribution >= 0.6 is 0 Å². The van der Waals surface area contributed by atoms with E-state index in [0.29, 0.717) is 5.75 Å². The second-order valence-electron chi connectivity index (χ2n) is 5.89. The van der Waals surface area contributed by atoms with Gasteiger partial charge in [-0.2, -0.15) is 0 Å². The Morgan fingerprint density at radius 3 is 1.76 bits per heavy atom. The van der Waals surface area contributed by atoms with Crippen LogP contribution in [0.2, 0.25) is 0 Å². The Morgan fingerprint density at radius 1 is 0.882 bits per heavy atom. The Balaban J connectivity index is 1.62. The summed E-state index contributed by atoms with van der Waals surface area (Å²) in [7, 11) is 0. The number of benzene rings is 1. The normalized spacial score (nSPS) is 19.5. The Labute approximate surface area is 104 Å². The molecule has 2 saturated carbocycles. The van der Waals surface area contributed by atoms with Crippen LogP contribution in [0.25, 0.3) is 0 Å². The Bertz CT molecular complexity index is 354. The molecule has 1 heteroatoms. The zero-order chi connectivity index (χ0) is 11.7. The summed E-state index contributed by atoms with van der Waals surface area (Å²) in [4.78, 5) is 0. The minimum Gasteiger partial charge on any atom is -0.507 e. The van der Waals surface area contributed by atoms with Gasteiger partial charge in [-0.05, 0) is 48.6 Å². The van der Waals surface area contributed by atoms with Crippen LogP contribution in [-0.4, -0.2) is 5.11 Å². The highest BCUT2D eigenvalue weighted by atomic mass is 16.3. The number of phenolic OH excluding ortho intramolecular Hbond substituents is 1. The van der Waals surface area contributed by atoms with Crippen molar-refractivity contribution in [3.05, 3.63) is 29.3 Å². The molecular formula is C16H22O. The predicted octanol–water partition coefficient (Wildman–Crippen LogP) is 4.08.